The van der Waals surface area contributed by atoms with Crippen molar-refractivity contribution < 1.29 is 0 Å². The zero-order chi connectivity index (χ0) is 17.8. The van der Waals surface area contributed by atoms with Crippen molar-refractivity contribution in [3.63, 3.8) is 0 Å². The Bertz CT molecular complexity index is 648. The molecule has 4 heteroatoms. The van der Waals surface area contributed by atoms with Gasteiger partial charge in [0, 0.05) is 43.6 Å². The van der Waals surface area contributed by atoms with Crippen LogP contribution in [0.4, 0.5) is 11.4 Å². The summed E-state index contributed by atoms with van der Waals surface area (Å²) in [5, 5.41) is 0. The van der Waals surface area contributed by atoms with Gasteiger partial charge in [-0.3, -0.25) is 0 Å². The van der Waals surface area contributed by atoms with Crippen LogP contribution in [0.25, 0.3) is 4.85 Å². The van der Waals surface area contributed by atoms with E-state index in [0.717, 1.165) is 37.8 Å². The van der Waals surface area contributed by atoms with Crippen molar-refractivity contribution in [3.8, 4) is 0 Å². The molecule has 0 N–H and O–H groups in total. The number of benzene rings is 1. The van der Waals surface area contributed by atoms with Crippen molar-refractivity contribution in [2.24, 2.45) is 5.92 Å². The molecule has 2 saturated heterocycles. The van der Waals surface area contributed by atoms with Crippen LogP contribution in [-0.2, 0) is 0 Å². The second-order valence-electron chi connectivity index (χ2n) is 7.23. The molecule has 2 aliphatic rings. The van der Waals surface area contributed by atoms with Gasteiger partial charge in [-0.1, -0.05) is 39.0 Å². The maximum absolute atomic E-state index is 7.21. The van der Waals surface area contributed by atoms with Crippen molar-refractivity contribution in [3.05, 3.63) is 48.0 Å². The highest BCUT2D eigenvalue weighted by atomic mass is 15.3. The first-order valence-corrected chi connectivity index (χ1v) is 9.55. The summed E-state index contributed by atoms with van der Waals surface area (Å²) in [7, 11) is 0. The van der Waals surface area contributed by atoms with E-state index in [1.165, 1.54) is 31.6 Å². The summed E-state index contributed by atoms with van der Waals surface area (Å²) in [5.41, 5.74) is 3.08. The zero-order valence-electron chi connectivity index (χ0n) is 15.6. The van der Waals surface area contributed by atoms with E-state index >= 15 is 0 Å². The van der Waals surface area contributed by atoms with Crippen LogP contribution in [0.1, 0.15) is 26.7 Å². The van der Waals surface area contributed by atoms with Gasteiger partial charge >= 0.3 is 0 Å². The summed E-state index contributed by atoms with van der Waals surface area (Å²) in [6.07, 6.45) is 2.49. The van der Waals surface area contributed by atoms with Gasteiger partial charge in [-0.15, -0.1) is 0 Å². The molecule has 0 aromatic heterocycles. The van der Waals surface area contributed by atoms with Crippen molar-refractivity contribution in [1.82, 2.24) is 9.80 Å². The third-order valence-electron chi connectivity index (χ3n) is 5.86. The lowest BCUT2D eigenvalue weighted by atomic mass is 9.88. The first-order valence-electron chi connectivity index (χ1n) is 9.55. The highest BCUT2D eigenvalue weighted by molar-refractivity contribution is 5.59. The second-order valence-corrected chi connectivity index (χ2v) is 7.23. The largest absolute Gasteiger partial charge is 0.369 e. The fraction of sp³-hybridized carbons (Fsp3) is 0.571. The predicted octanol–water partition coefficient (Wildman–Crippen LogP) is 3.99. The molecule has 0 amide bonds. The van der Waals surface area contributed by atoms with E-state index in [1.807, 2.05) is 18.2 Å². The van der Waals surface area contributed by atoms with E-state index in [9.17, 15) is 0 Å². The fourth-order valence-corrected chi connectivity index (χ4v) is 4.35. The first-order chi connectivity index (χ1) is 12.2. The molecule has 0 radical (unpaired) electrons. The molecule has 3 rings (SSSR count). The Hall–Kier alpha value is -1.99. The normalized spacial score (nSPS) is 25.1. The van der Waals surface area contributed by atoms with E-state index in [0.29, 0.717) is 11.7 Å². The van der Waals surface area contributed by atoms with Gasteiger partial charge in [-0.25, -0.2) is 4.85 Å². The summed E-state index contributed by atoms with van der Waals surface area (Å²) in [6, 6.07) is 8.58. The first kappa shape index (κ1) is 17.8. The van der Waals surface area contributed by atoms with Crippen LogP contribution in [0.15, 0.2) is 36.5 Å². The molecular formula is C21H30N4. The van der Waals surface area contributed by atoms with Gasteiger partial charge in [0.05, 0.1) is 13.1 Å². The Kier molecular flexibility index (Phi) is 5.65. The lowest BCUT2D eigenvalue weighted by molar-refractivity contribution is 0.0727. The van der Waals surface area contributed by atoms with Crippen molar-refractivity contribution in [2.75, 3.05) is 44.2 Å². The van der Waals surface area contributed by atoms with Crippen LogP contribution in [0.2, 0.25) is 0 Å². The van der Waals surface area contributed by atoms with Crippen LogP contribution in [0.3, 0.4) is 0 Å². The molecule has 2 fully saturated rings. The molecule has 0 spiro atoms. The third-order valence-corrected chi connectivity index (χ3v) is 5.86. The van der Waals surface area contributed by atoms with E-state index in [-0.39, 0.29) is 0 Å². The Morgan fingerprint density at radius 3 is 2.76 bits per heavy atom. The standard InChI is InChI=1S/C21H30N4/c1-5-18-16-23(6-2)11-10-21(18)25-13-12-24(15-17(25)3)20-9-7-8-19(14-20)22-4/h7-9,14,18,21H,3,5-6,10-13,15-16H2,1-2H3. The number of hydrogen-bond donors (Lipinski definition) is 0. The van der Waals surface area contributed by atoms with Gasteiger partial charge in [0.2, 0.25) is 0 Å². The van der Waals surface area contributed by atoms with E-state index < -0.39 is 0 Å². The van der Waals surface area contributed by atoms with E-state index in [4.69, 9.17) is 6.57 Å². The summed E-state index contributed by atoms with van der Waals surface area (Å²) in [5.74, 6) is 0.738. The van der Waals surface area contributed by atoms with Crippen LogP contribution in [0, 0.1) is 12.5 Å². The van der Waals surface area contributed by atoms with Crippen molar-refractivity contribution >= 4 is 11.4 Å². The van der Waals surface area contributed by atoms with Crippen LogP contribution in [-0.4, -0.2) is 55.1 Å². The van der Waals surface area contributed by atoms with E-state index in [2.05, 4.69) is 46.0 Å². The Labute approximate surface area is 152 Å². The van der Waals surface area contributed by atoms with Crippen molar-refractivity contribution in [2.45, 2.75) is 32.7 Å². The number of rotatable bonds is 4. The van der Waals surface area contributed by atoms with Gasteiger partial charge in [-0.05, 0) is 31.0 Å². The number of hydrogen-bond acceptors (Lipinski definition) is 3. The average molecular weight is 338 g/mol. The summed E-state index contributed by atoms with van der Waals surface area (Å²) >= 11 is 0. The highest BCUT2D eigenvalue weighted by Gasteiger charge is 2.34. The number of piperidine rings is 1. The van der Waals surface area contributed by atoms with Gasteiger partial charge in [0.15, 0.2) is 5.69 Å². The number of anilines is 1. The molecule has 2 atom stereocenters. The number of nitrogens with zero attached hydrogens (tertiary/aromatic N) is 4. The minimum Gasteiger partial charge on any atom is -0.369 e. The predicted molar refractivity (Wildman–Crippen MR) is 105 cm³/mol. The molecule has 2 heterocycles. The lowest BCUT2D eigenvalue weighted by Gasteiger charge is -2.49. The van der Waals surface area contributed by atoms with Gasteiger partial charge in [-0.2, -0.15) is 0 Å². The maximum Gasteiger partial charge on any atom is 0.189 e. The second kappa shape index (κ2) is 7.93. The minimum absolute atomic E-state index is 0.636. The lowest BCUT2D eigenvalue weighted by Crippen LogP contribution is -2.55. The molecule has 1 aromatic carbocycles. The molecular weight excluding hydrogens is 308 g/mol. The average Bonchev–Trinajstić information content (AvgIpc) is 2.67. The fourth-order valence-electron chi connectivity index (χ4n) is 4.35. The van der Waals surface area contributed by atoms with Crippen molar-refractivity contribution in [1.29, 1.82) is 0 Å². The molecule has 2 aliphatic heterocycles. The highest BCUT2D eigenvalue weighted by Crippen LogP contribution is 2.31. The molecule has 0 saturated carbocycles. The van der Waals surface area contributed by atoms with E-state index in [1.54, 1.807) is 0 Å². The van der Waals surface area contributed by atoms with Crippen LogP contribution < -0.4 is 4.90 Å². The quantitative estimate of drug-likeness (QED) is 0.771. The zero-order valence-corrected chi connectivity index (χ0v) is 15.6. The molecule has 0 aliphatic carbocycles. The summed E-state index contributed by atoms with van der Waals surface area (Å²) < 4.78 is 0. The van der Waals surface area contributed by atoms with Crippen LogP contribution >= 0.6 is 0 Å². The minimum atomic E-state index is 0.636. The third kappa shape index (κ3) is 3.82. The SMILES string of the molecule is [C-]#[N+]c1cccc(N2CCN(C3CCN(CC)CC3CC)C(=C)C2)c1. The summed E-state index contributed by atoms with van der Waals surface area (Å²) in [4.78, 5) is 11.1. The van der Waals surface area contributed by atoms with Crippen LogP contribution in [0.5, 0.6) is 0 Å². The molecule has 4 nitrogen and oxygen atoms in total. The molecule has 134 valence electrons. The van der Waals surface area contributed by atoms with Gasteiger partial charge in [0.1, 0.15) is 0 Å². The Morgan fingerprint density at radius 1 is 1.24 bits per heavy atom. The smallest absolute Gasteiger partial charge is 0.189 e. The van der Waals surface area contributed by atoms with Gasteiger partial charge in [0.25, 0.3) is 0 Å². The summed E-state index contributed by atoms with van der Waals surface area (Å²) in [6.45, 7) is 22.7. The number of likely N-dealkylation sites (tertiary alicyclic amines) is 1. The molecule has 25 heavy (non-hydrogen) atoms. The Balaban J connectivity index is 1.67. The Morgan fingerprint density at radius 2 is 2.08 bits per heavy atom. The topological polar surface area (TPSA) is 14.1 Å². The molecule has 0 bridgehead atoms. The number of piperazine rings is 1. The molecule has 1 aromatic rings. The monoisotopic (exact) mass is 338 g/mol. The van der Waals surface area contributed by atoms with Gasteiger partial charge < -0.3 is 14.7 Å². The molecule has 2 unspecified atom stereocenters. The maximum atomic E-state index is 7.21.